The van der Waals surface area contributed by atoms with Gasteiger partial charge in [-0.3, -0.25) is 0 Å². The van der Waals surface area contributed by atoms with E-state index in [0.29, 0.717) is 25.6 Å². The minimum Gasteiger partial charge on any atom is -0.497 e. The van der Waals surface area contributed by atoms with Gasteiger partial charge in [0.25, 0.3) is 0 Å². The summed E-state index contributed by atoms with van der Waals surface area (Å²) in [6.07, 6.45) is 5.35. The van der Waals surface area contributed by atoms with Gasteiger partial charge < -0.3 is 28.3 Å². The maximum absolute atomic E-state index is 5.85. The molecule has 158 valence electrons. The van der Waals surface area contributed by atoms with Crippen molar-refractivity contribution in [1.82, 2.24) is 9.55 Å². The van der Waals surface area contributed by atoms with Gasteiger partial charge in [-0.1, -0.05) is 6.07 Å². The van der Waals surface area contributed by atoms with Gasteiger partial charge in [0, 0.05) is 30.7 Å². The molecule has 0 atom stereocenters. The Hall–Kier alpha value is -3.35. The number of nitrogens with zero attached hydrogens (tertiary/aromatic N) is 2. The molecule has 0 radical (unpaired) electrons. The molecule has 2 heterocycles. The third-order valence-electron chi connectivity index (χ3n) is 4.91. The molecule has 7 heteroatoms. The smallest absolute Gasteiger partial charge is 0.164 e. The Morgan fingerprint density at radius 3 is 2.60 bits per heavy atom. The zero-order valence-electron chi connectivity index (χ0n) is 17.3. The van der Waals surface area contributed by atoms with Gasteiger partial charge in [0.15, 0.2) is 11.5 Å². The molecule has 1 aliphatic rings. The molecule has 0 saturated heterocycles. The van der Waals surface area contributed by atoms with Crippen LogP contribution in [0.5, 0.6) is 28.7 Å². The van der Waals surface area contributed by atoms with Gasteiger partial charge in [-0.05, 0) is 24.6 Å². The molecule has 2 aromatic carbocycles. The number of fused-ring (bicyclic) bond motifs is 1. The highest BCUT2D eigenvalue weighted by atomic mass is 16.5. The number of hydrogen-bond acceptors (Lipinski definition) is 6. The number of hydrogen-bond donors (Lipinski definition) is 0. The van der Waals surface area contributed by atoms with Crippen molar-refractivity contribution in [2.75, 3.05) is 34.0 Å². The maximum atomic E-state index is 5.85. The number of aromatic nitrogens is 2. The van der Waals surface area contributed by atoms with Crippen molar-refractivity contribution >= 4 is 0 Å². The average Bonchev–Trinajstić information content (AvgIpc) is 3.12. The van der Waals surface area contributed by atoms with Crippen LogP contribution >= 0.6 is 0 Å². The highest BCUT2D eigenvalue weighted by molar-refractivity contribution is 5.72. The van der Waals surface area contributed by atoms with E-state index in [9.17, 15) is 0 Å². The quantitative estimate of drug-likeness (QED) is 0.519. The van der Waals surface area contributed by atoms with Crippen LogP contribution in [0.3, 0.4) is 0 Å². The van der Waals surface area contributed by atoms with Crippen molar-refractivity contribution in [1.29, 1.82) is 0 Å². The van der Waals surface area contributed by atoms with E-state index in [0.717, 1.165) is 53.6 Å². The molecule has 1 aromatic heterocycles. The molecule has 0 aliphatic carbocycles. The highest BCUT2D eigenvalue weighted by Crippen LogP contribution is 2.41. The molecule has 30 heavy (non-hydrogen) atoms. The molecule has 3 aromatic rings. The highest BCUT2D eigenvalue weighted by Gasteiger charge is 2.18. The molecule has 0 bridgehead atoms. The fourth-order valence-electron chi connectivity index (χ4n) is 3.40. The van der Waals surface area contributed by atoms with E-state index >= 15 is 0 Å². The number of methoxy groups -OCH3 is 2. The zero-order valence-corrected chi connectivity index (χ0v) is 17.3. The molecule has 4 rings (SSSR count). The second-order valence-electron chi connectivity index (χ2n) is 6.90. The first kappa shape index (κ1) is 19.9. The Bertz CT molecular complexity index is 985. The fourth-order valence-corrected chi connectivity index (χ4v) is 3.40. The number of aryl methyl sites for hydroxylation is 1. The largest absolute Gasteiger partial charge is 0.497 e. The zero-order chi connectivity index (χ0) is 20.8. The van der Waals surface area contributed by atoms with Gasteiger partial charge in [-0.25, -0.2) is 4.98 Å². The molecule has 7 nitrogen and oxygen atoms in total. The second kappa shape index (κ2) is 9.43. The van der Waals surface area contributed by atoms with E-state index in [4.69, 9.17) is 23.7 Å². The monoisotopic (exact) mass is 410 g/mol. The van der Waals surface area contributed by atoms with Crippen molar-refractivity contribution in [2.24, 2.45) is 0 Å². The summed E-state index contributed by atoms with van der Waals surface area (Å²) in [5.41, 5.74) is 1.89. The van der Waals surface area contributed by atoms with Crippen molar-refractivity contribution in [3.63, 3.8) is 0 Å². The number of rotatable bonds is 8. The van der Waals surface area contributed by atoms with E-state index < -0.39 is 0 Å². The summed E-state index contributed by atoms with van der Waals surface area (Å²) in [5.74, 6) is 3.76. The summed E-state index contributed by atoms with van der Waals surface area (Å²) >= 11 is 0. The predicted molar refractivity (Wildman–Crippen MR) is 113 cm³/mol. The molecule has 0 spiro atoms. The van der Waals surface area contributed by atoms with Gasteiger partial charge in [0.1, 0.15) is 17.2 Å². The van der Waals surface area contributed by atoms with Gasteiger partial charge in [-0.15, -0.1) is 0 Å². The Morgan fingerprint density at radius 2 is 1.80 bits per heavy atom. The SMILES string of the molecule is COc1cccc(OCCCn2cncc2-c2cc3c(cc2OC)OCCCO3)c1. The van der Waals surface area contributed by atoms with Crippen molar-refractivity contribution < 1.29 is 23.7 Å². The van der Waals surface area contributed by atoms with Crippen LogP contribution < -0.4 is 23.7 Å². The summed E-state index contributed by atoms with van der Waals surface area (Å²) in [6.45, 7) is 2.63. The van der Waals surface area contributed by atoms with Crippen LogP contribution in [0, 0.1) is 0 Å². The average molecular weight is 410 g/mol. The Labute approximate surface area is 176 Å². The first-order valence-electron chi connectivity index (χ1n) is 10.0. The predicted octanol–water partition coefficient (Wildman–Crippen LogP) is 4.20. The summed E-state index contributed by atoms with van der Waals surface area (Å²) in [4.78, 5) is 4.34. The van der Waals surface area contributed by atoms with Crippen molar-refractivity contribution in [2.45, 2.75) is 19.4 Å². The minimum absolute atomic E-state index is 0.586. The van der Waals surface area contributed by atoms with Gasteiger partial charge in [0.2, 0.25) is 0 Å². The lowest BCUT2D eigenvalue weighted by atomic mass is 10.1. The normalized spacial score (nSPS) is 12.9. The van der Waals surface area contributed by atoms with Gasteiger partial charge in [0.05, 0.1) is 52.3 Å². The van der Waals surface area contributed by atoms with E-state index in [1.165, 1.54) is 0 Å². The van der Waals surface area contributed by atoms with E-state index in [-0.39, 0.29) is 0 Å². The molecule has 0 saturated carbocycles. The number of ether oxygens (including phenoxy) is 5. The first-order chi connectivity index (χ1) is 14.8. The second-order valence-corrected chi connectivity index (χ2v) is 6.90. The summed E-state index contributed by atoms with van der Waals surface area (Å²) in [6, 6.07) is 11.5. The maximum Gasteiger partial charge on any atom is 0.164 e. The lowest BCUT2D eigenvalue weighted by Crippen LogP contribution is -2.05. The Morgan fingerprint density at radius 1 is 1.00 bits per heavy atom. The van der Waals surface area contributed by atoms with Crippen LogP contribution in [-0.4, -0.2) is 43.6 Å². The fraction of sp³-hybridized carbons (Fsp3) is 0.348. The Balaban J connectivity index is 1.46. The van der Waals surface area contributed by atoms with E-state index in [2.05, 4.69) is 9.55 Å². The molecular weight excluding hydrogens is 384 g/mol. The van der Waals surface area contributed by atoms with Crippen LogP contribution in [-0.2, 0) is 6.54 Å². The van der Waals surface area contributed by atoms with Crippen LogP contribution in [0.2, 0.25) is 0 Å². The minimum atomic E-state index is 0.586. The topological polar surface area (TPSA) is 64.0 Å². The molecule has 0 amide bonds. The number of imidazole rings is 1. The lowest BCUT2D eigenvalue weighted by molar-refractivity contribution is 0.296. The first-order valence-corrected chi connectivity index (χ1v) is 10.0. The third-order valence-corrected chi connectivity index (χ3v) is 4.91. The Kier molecular flexibility index (Phi) is 6.27. The number of benzene rings is 2. The lowest BCUT2D eigenvalue weighted by Gasteiger charge is -2.15. The van der Waals surface area contributed by atoms with Gasteiger partial charge in [-0.2, -0.15) is 0 Å². The molecule has 1 aliphatic heterocycles. The van der Waals surface area contributed by atoms with E-state index in [1.54, 1.807) is 14.2 Å². The molecule has 0 fully saturated rings. The molecule has 0 N–H and O–H groups in total. The summed E-state index contributed by atoms with van der Waals surface area (Å²) in [7, 11) is 3.30. The van der Waals surface area contributed by atoms with E-state index in [1.807, 2.05) is 48.9 Å². The summed E-state index contributed by atoms with van der Waals surface area (Å²) < 4.78 is 30.4. The van der Waals surface area contributed by atoms with Crippen LogP contribution in [0.25, 0.3) is 11.3 Å². The molecule has 0 unspecified atom stereocenters. The standard InChI is InChI=1S/C23H26N2O5/c1-26-17-6-3-7-18(12-17)28-9-4-8-25-16-24-15-20(25)19-13-22-23(14-21(19)27-2)30-11-5-10-29-22/h3,6-7,12-16H,4-5,8-11H2,1-2H3. The van der Waals surface area contributed by atoms with Gasteiger partial charge >= 0.3 is 0 Å². The van der Waals surface area contributed by atoms with Crippen LogP contribution in [0.4, 0.5) is 0 Å². The van der Waals surface area contributed by atoms with Crippen molar-refractivity contribution in [3.05, 3.63) is 48.9 Å². The molecular formula is C23H26N2O5. The van der Waals surface area contributed by atoms with Crippen LogP contribution in [0.15, 0.2) is 48.9 Å². The third kappa shape index (κ3) is 4.45. The van der Waals surface area contributed by atoms with Crippen LogP contribution in [0.1, 0.15) is 12.8 Å². The summed E-state index contributed by atoms with van der Waals surface area (Å²) in [5, 5.41) is 0. The van der Waals surface area contributed by atoms with Crippen molar-refractivity contribution in [3.8, 4) is 40.0 Å².